The molecule has 0 fully saturated rings. The molecule has 1 heterocycles. The predicted molar refractivity (Wildman–Crippen MR) is 54.5 cm³/mol. The maximum absolute atomic E-state index is 8.75. The minimum atomic E-state index is -0.204. The van der Waals surface area contributed by atoms with Crippen LogP contribution >= 0.6 is 11.6 Å². The molecule has 0 aliphatic heterocycles. The average Bonchev–Trinajstić information content (AvgIpc) is 2.69. The lowest BCUT2D eigenvalue weighted by Crippen LogP contribution is -1.89. The Morgan fingerprint density at radius 2 is 2.00 bits per heavy atom. The van der Waals surface area contributed by atoms with Crippen molar-refractivity contribution >= 4 is 11.6 Å². The first-order valence-corrected chi connectivity index (χ1v) is 4.82. The van der Waals surface area contributed by atoms with E-state index in [4.69, 9.17) is 21.2 Å². The maximum atomic E-state index is 8.75. The number of benzene rings is 1. The van der Waals surface area contributed by atoms with Crippen LogP contribution in [0.1, 0.15) is 17.3 Å². The van der Waals surface area contributed by atoms with Crippen LogP contribution in [0, 0.1) is 0 Å². The Hall–Kier alpha value is -1.39. The molecule has 0 bridgehead atoms. The number of aliphatic hydroxyl groups excluding tert-OH is 1. The minimum absolute atomic E-state index is 0.204. The van der Waals surface area contributed by atoms with E-state index in [-0.39, 0.29) is 6.61 Å². The molecule has 0 saturated carbocycles. The maximum Gasteiger partial charge on any atom is 0.231 e. The lowest BCUT2D eigenvalue weighted by Gasteiger charge is -1.95. The van der Waals surface area contributed by atoms with E-state index in [0.717, 1.165) is 5.56 Å². The van der Waals surface area contributed by atoms with E-state index in [9.17, 15) is 0 Å². The molecule has 0 radical (unpaired) electrons. The SMILES string of the molecule is OCc1noc(Cc2ccc(Cl)cc2)n1. The van der Waals surface area contributed by atoms with Crippen LogP contribution in [0.3, 0.4) is 0 Å². The van der Waals surface area contributed by atoms with Gasteiger partial charge in [-0.15, -0.1) is 0 Å². The summed E-state index contributed by atoms with van der Waals surface area (Å²) in [6.07, 6.45) is 0.546. The Balaban J connectivity index is 2.11. The zero-order valence-corrected chi connectivity index (χ0v) is 8.61. The van der Waals surface area contributed by atoms with E-state index in [0.29, 0.717) is 23.2 Å². The highest BCUT2D eigenvalue weighted by Gasteiger charge is 2.05. The van der Waals surface area contributed by atoms with Gasteiger partial charge in [-0.25, -0.2) is 0 Å². The molecule has 78 valence electrons. The summed E-state index contributed by atoms with van der Waals surface area (Å²) in [5.74, 6) is 0.792. The van der Waals surface area contributed by atoms with Crippen molar-refractivity contribution in [1.29, 1.82) is 0 Å². The van der Waals surface area contributed by atoms with Crippen molar-refractivity contribution in [2.75, 3.05) is 0 Å². The van der Waals surface area contributed by atoms with Crippen molar-refractivity contribution in [2.24, 2.45) is 0 Å². The van der Waals surface area contributed by atoms with E-state index in [1.165, 1.54) is 0 Å². The van der Waals surface area contributed by atoms with Crippen molar-refractivity contribution in [3.8, 4) is 0 Å². The highest BCUT2D eigenvalue weighted by molar-refractivity contribution is 6.30. The predicted octanol–water partition coefficient (Wildman–Crippen LogP) is 1.81. The molecule has 15 heavy (non-hydrogen) atoms. The summed E-state index contributed by atoms with van der Waals surface area (Å²) in [5.41, 5.74) is 1.03. The third-order valence-electron chi connectivity index (χ3n) is 1.92. The van der Waals surface area contributed by atoms with E-state index in [1.807, 2.05) is 12.1 Å². The second kappa shape index (κ2) is 4.42. The second-order valence-corrected chi connectivity index (χ2v) is 3.50. The number of nitrogens with zero attached hydrogens (tertiary/aromatic N) is 2. The van der Waals surface area contributed by atoms with E-state index < -0.39 is 0 Å². The molecule has 2 aromatic rings. The molecule has 0 amide bonds. The lowest BCUT2D eigenvalue weighted by atomic mass is 10.1. The third kappa shape index (κ3) is 2.55. The van der Waals surface area contributed by atoms with E-state index in [1.54, 1.807) is 12.1 Å². The van der Waals surface area contributed by atoms with Crippen LogP contribution in [0.15, 0.2) is 28.8 Å². The van der Waals surface area contributed by atoms with Crippen LogP contribution in [0.4, 0.5) is 0 Å². The van der Waals surface area contributed by atoms with Crippen molar-refractivity contribution < 1.29 is 9.63 Å². The van der Waals surface area contributed by atoms with Gasteiger partial charge in [0.2, 0.25) is 5.89 Å². The Labute approximate surface area is 91.5 Å². The van der Waals surface area contributed by atoms with Gasteiger partial charge in [0.05, 0.1) is 6.42 Å². The molecule has 0 saturated heterocycles. The van der Waals surface area contributed by atoms with Crippen LogP contribution < -0.4 is 0 Å². The molecular weight excluding hydrogens is 216 g/mol. The average molecular weight is 225 g/mol. The zero-order valence-electron chi connectivity index (χ0n) is 7.85. The van der Waals surface area contributed by atoms with Crippen molar-refractivity contribution in [2.45, 2.75) is 13.0 Å². The Bertz CT molecular complexity index is 439. The molecule has 0 atom stereocenters. The summed E-state index contributed by atoms with van der Waals surface area (Å²) in [5, 5.41) is 13.0. The first-order valence-electron chi connectivity index (χ1n) is 4.44. The second-order valence-electron chi connectivity index (χ2n) is 3.07. The largest absolute Gasteiger partial charge is 0.388 e. The van der Waals surface area contributed by atoms with Crippen LogP contribution in [0.2, 0.25) is 5.02 Å². The van der Waals surface area contributed by atoms with E-state index >= 15 is 0 Å². The summed E-state index contributed by atoms with van der Waals surface area (Å²) in [7, 11) is 0. The molecule has 5 heteroatoms. The van der Waals surface area contributed by atoms with Gasteiger partial charge < -0.3 is 9.63 Å². The molecule has 1 N–H and O–H groups in total. The number of aliphatic hydroxyl groups is 1. The zero-order chi connectivity index (χ0) is 10.7. The van der Waals surface area contributed by atoms with Gasteiger partial charge in [0.1, 0.15) is 6.61 Å². The van der Waals surface area contributed by atoms with Crippen molar-refractivity contribution in [3.63, 3.8) is 0 Å². The van der Waals surface area contributed by atoms with Gasteiger partial charge in [0.25, 0.3) is 0 Å². The summed E-state index contributed by atoms with van der Waals surface area (Å²) in [6, 6.07) is 7.40. The molecule has 0 unspecified atom stereocenters. The normalized spacial score (nSPS) is 10.5. The van der Waals surface area contributed by atoms with Crippen LogP contribution in [0.25, 0.3) is 0 Å². The quantitative estimate of drug-likeness (QED) is 0.864. The molecule has 0 aliphatic carbocycles. The summed E-state index contributed by atoms with van der Waals surface area (Å²) < 4.78 is 4.94. The molecule has 0 aliphatic rings. The topological polar surface area (TPSA) is 59.2 Å². The Morgan fingerprint density at radius 3 is 2.60 bits per heavy atom. The van der Waals surface area contributed by atoms with Gasteiger partial charge in [-0.2, -0.15) is 4.98 Å². The fourth-order valence-electron chi connectivity index (χ4n) is 1.20. The number of halogens is 1. The molecular formula is C10H9ClN2O2. The fraction of sp³-hybridized carbons (Fsp3) is 0.200. The molecule has 4 nitrogen and oxygen atoms in total. The monoisotopic (exact) mass is 224 g/mol. The summed E-state index contributed by atoms with van der Waals surface area (Å²) in [4.78, 5) is 3.99. The number of hydrogen-bond acceptors (Lipinski definition) is 4. The first kappa shape index (κ1) is 10.1. The van der Waals surface area contributed by atoms with Gasteiger partial charge in [-0.1, -0.05) is 28.9 Å². The summed E-state index contributed by atoms with van der Waals surface area (Å²) in [6.45, 7) is -0.204. The summed E-state index contributed by atoms with van der Waals surface area (Å²) >= 11 is 5.76. The molecule has 0 spiro atoms. The van der Waals surface area contributed by atoms with Crippen LogP contribution in [-0.2, 0) is 13.0 Å². The molecule has 1 aromatic carbocycles. The van der Waals surface area contributed by atoms with Crippen molar-refractivity contribution in [1.82, 2.24) is 10.1 Å². The van der Waals surface area contributed by atoms with Crippen molar-refractivity contribution in [3.05, 3.63) is 46.6 Å². The van der Waals surface area contributed by atoms with Crippen LogP contribution in [0.5, 0.6) is 0 Å². The minimum Gasteiger partial charge on any atom is -0.388 e. The van der Waals surface area contributed by atoms with E-state index in [2.05, 4.69) is 10.1 Å². The molecule has 1 aromatic heterocycles. The van der Waals surface area contributed by atoms with Gasteiger partial charge in [0.15, 0.2) is 5.82 Å². The smallest absolute Gasteiger partial charge is 0.231 e. The first-order chi connectivity index (χ1) is 7.28. The Morgan fingerprint density at radius 1 is 1.27 bits per heavy atom. The number of rotatable bonds is 3. The lowest BCUT2D eigenvalue weighted by molar-refractivity contribution is 0.263. The van der Waals surface area contributed by atoms with Gasteiger partial charge in [-0.3, -0.25) is 0 Å². The highest BCUT2D eigenvalue weighted by atomic mass is 35.5. The highest BCUT2D eigenvalue weighted by Crippen LogP contribution is 2.12. The standard InChI is InChI=1S/C10H9ClN2O2/c11-8-3-1-7(2-4-8)5-10-12-9(6-14)13-15-10/h1-4,14H,5-6H2. The van der Waals surface area contributed by atoms with Gasteiger partial charge in [-0.05, 0) is 17.7 Å². The number of aromatic nitrogens is 2. The van der Waals surface area contributed by atoms with Gasteiger partial charge in [0, 0.05) is 5.02 Å². The van der Waals surface area contributed by atoms with Crippen LogP contribution in [-0.4, -0.2) is 15.2 Å². The Kier molecular flexibility index (Phi) is 2.99. The third-order valence-corrected chi connectivity index (χ3v) is 2.17. The number of hydrogen-bond donors (Lipinski definition) is 1. The fourth-order valence-corrected chi connectivity index (χ4v) is 1.33. The van der Waals surface area contributed by atoms with Gasteiger partial charge >= 0.3 is 0 Å². The molecule has 2 rings (SSSR count).